The van der Waals surface area contributed by atoms with E-state index in [0.717, 1.165) is 5.39 Å². The molecule has 3 amide bonds. The Morgan fingerprint density at radius 2 is 1.54 bits per heavy atom. The molecule has 1 saturated heterocycles. The molecule has 1 aliphatic heterocycles. The lowest BCUT2D eigenvalue weighted by molar-refractivity contribution is 0.0671. The number of hydrogen-bond donors (Lipinski definition) is 2. The lowest BCUT2D eigenvalue weighted by Gasteiger charge is -2.34. The van der Waals surface area contributed by atoms with Crippen LogP contribution in [0, 0.1) is 0 Å². The third kappa shape index (κ3) is 5.63. The van der Waals surface area contributed by atoms with Crippen LogP contribution in [0.4, 0.5) is 16.2 Å². The van der Waals surface area contributed by atoms with E-state index in [4.69, 9.17) is 4.74 Å². The van der Waals surface area contributed by atoms with Crippen LogP contribution < -0.4 is 14.8 Å². The van der Waals surface area contributed by atoms with Crippen molar-refractivity contribution >= 4 is 44.2 Å². The van der Waals surface area contributed by atoms with Crippen molar-refractivity contribution in [2.24, 2.45) is 0 Å². The van der Waals surface area contributed by atoms with Crippen molar-refractivity contribution in [3.8, 4) is 5.75 Å². The van der Waals surface area contributed by atoms with Crippen molar-refractivity contribution < 1.29 is 22.7 Å². The molecule has 0 unspecified atom stereocenters. The molecule has 0 bridgehead atoms. The highest BCUT2D eigenvalue weighted by atomic mass is 32.2. The smallest absolute Gasteiger partial charge is 0.322 e. The van der Waals surface area contributed by atoms with Gasteiger partial charge in [0.2, 0.25) is 0 Å². The number of sulfonamides is 1. The number of aromatic nitrogens is 1. The Hall–Kier alpha value is -4.64. The number of ether oxygens (including phenoxy) is 1. The second-order valence-corrected chi connectivity index (χ2v) is 10.6. The Balaban J connectivity index is 1.19. The Morgan fingerprint density at radius 3 is 2.28 bits per heavy atom. The molecule has 3 aromatic carbocycles. The third-order valence-corrected chi connectivity index (χ3v) is 7.88. The number of hydrogen-bond acceptors (Lipinski definition) is 6. The largest absolute Gasteiger partial charge is 0.495 e. The van der Waals surface area contributed by atoms with E-state index >= 15 is 0 Å². The summed E-state index contributed by atoms with van der Waals surface area (Å²) in [5.74, 6) is 0.381. The van der Waals surface area contributed by atoms with E-state index in [1.807, 2.05) is 12.1 Å². The zero-order valence-corrected chi connectivity index (χ0v) is 22.0. The Bertz CT molecular complexity index is 1610. The van der Waals surface area contributed by atoms with E-state index < -0.39 is 10.0 Å². The first kappa shape index (κ1) is 26.0. The van der Waals surface area contributed by atoms with Crippen LogP contribution in [0.3, 0.4) is 0 Å². The average molecular weight is 546 g/mol. The molecule has 0 radical (unpaired) electrons. The van der Waals surface area contributed by atoms with Gasteiger partial charge in [-0.25, -0.2) is 13.2 Å². The van der Waals surface area contributed by atoms with Gasteiger partial charge < -0.3 is 19.9 Å². The zero-order valence-electron chi connectivity index (χ0n) is 21.2. The fraction of sp³-hybridized carbons (Fsp3) is 0.179. The predicted octanol–water partition coefficient (Wildman–Crippen LogP) is 4.03. The number of pyridine rings is 1. The van der Waals surface area contributed by atoms with Crippen molar-refractivity contribution in [1.29, 1.82) is 0 Å². The molecule has 1 aromatic heterocycles. The first-order valence-electron chi connectivity index (χ1n) is 12.3. The molecular weight excluding hydrogens is 518 g/mol. The summed E-state index contributed by atoms with van der Waals surface area (Å²) in [4.78, 5) is 33.4. The standard InChI is InChI=1S/C28H27N5O5S/c1-38-24-9-3-2-8-23(24)30-28(35)33-18-16-32(17-19-33)27(34)21-11-13-22(14-12-21)31-39(36,37)25-10-4-6-20-7-5-15-29-26(20)25/h2-15,31H,16-19H2,1H3,(H,30,35). The number of carbonyl (C=O) groups is 2. The summed E-state index contributed by atoms with van der Waals surface area (Å²) in [6, 6.07) is 21.7. The number of piperazine rings is 1. The van der Waals surface area contributed by atoms with Gasteiger partial charge in [-0.05, 0) is 48.5 Å². The number of anilines is 2. The topological polar surface area (TPSA) is 121 Å². The highest BCUT2D eigenvalue weighted by Gasteiger charge is 2.26. The minimum absolute atomic E-state index is 0.0772. The molecule has 39 heavy (non-hydrogen) atoms. The van der Waals surface area contributed by atoms with E-state index in [-0.39, 0.29) is 16.8 Å². The highest BCUT2D eigenvalue weighted by Crippen LogP contribution is 2.25. The first-order valence-corrected chi connectivity index (χ1v) is 13.8. The Kier molecular flexibility index (Phi) is 7.33. The Labute approximate surface area is 226 Å². The van der Waals surface area contributed by atoms with E-state index in [9.17, 15) is 18.0 Å². The maximum atomic E-state index is 13.1. The van der Waals surface area contributed by atoms with Crippen LogP contribution in [0.5, 0.6) is 5.75 Å². The molecule has 200 valence electrons. The molecule has 1 aliphatic rings. The van der Waals surface area contributed by atoms with Gasteiger partial charge in [-0.3, -0.25) is 14.5 Å². The van der Waals surface area contributed by atoms with Crippen molar-refractivity contribution in [2.75, 3.05) is 43.3 Å². The van der Waals surface area contributed by atoms with Gasteiger partial charge in [0, 0.05) is 49.0 Å². The van der Waals surface area contributed by atoms with Crippen molar-refractivity contribution in [3.05, 3.63) is 90.6 Å². The minimum atomic E-state index is -3.89. The van der Waals surface area contributed by atoms with Crippen LogP contribution >= 0.6 is 0 Å². The number of carbonyl (C=O) groups excluding carboxylic acids is 2. The average Bonchev–Trinajstić information content (AvgIpc) is 2.97. The first-order chi connectivity index (χ1) is 18.9. The quantitative estimate of drug-likeness (QED) is 0.377. The van der Waals surface area contributed by atoms with Gasteiger partial charge in [-0.15, -0.1) is 0 Å². The van der Waals surface area contributed by atoms with Crippen LogP contribution in [-0.4, -0.2) is 68.4 Å². The second-order valence-electron chi connectivity index (χ2n) is 8.92. The summed E-state index contributed by atoms with van der Waals surface area (Å²) in [6.45, 7) is 1.51. The van der Waals surface area contributed by atoms with Crippen LogP contribution in [0.2, 0.25) is 0 Å². The number of benzene rings is 3. The number of para-hydroxylation sites is 3. The predicted molar refractivity (Wildman–Crippen MR) is 148 cm³/mol. The number of nitrogens with one attached hydrogen (secondary N) is 2. The molecule has 11 heteroatoms. The second kappa shape index (κ2) is 11.0. The molecular formula is C28H27N5O5S. The Morgan fingerprint density at radius 1 is 0.846 bits per heavy atom. The molecule has 0 spiro atoms. The van der Waals surface area contributed by atoms with E-state index in [1.54, 1.807) is 83.8 Å². The van der Waals surface area contributed by atoms with Gasteiger partial charge >= 0.3 is 6.03 Å². The maximum Gasteiger partial charge on any atom is 0.322 e. The van der Waals surface area contributed by atoms with E-state index in [0.29, 0.717) is 54.4 Å². The number of nitrogens with zero attached hydrogens (tertiary/aromatic N) is 3. The number of methoxy groups -OCH3 is 1. The molecule has 2 N–H and O–H groups in total. The molecule has 0 atom stereocenters. The van der Waals surface area contributed by atoms with Gasteiger partial charge in [-0.1, -0.05) is 30.3 Å². The summed E-state index contributed by atoms with van der Waals surface area (Å²) in [5.41, 5.74) is 1.72. The van der Waals surface area contributed by atoms with E-state index in [1.165, 1.54) is 6.07 Å². The fourth-order valence-electron chi connectivity index (χ4n) is 4.42. The summed E-state index contributed by atoms with van der Waals surface area (Å²) in [7, 11) is -2.35. The summed E-state index contributed by atoms with van der Waals surface area (Å²) in [5, 5.41) is 3.57. The van der Waals surface area contributed by atoms with Crippen molar-refractivity contribution in [2.45, 2.75) is 4.90 Å². The molecule has 10 nitrogen and oxygen atoms in total. The van der Waals surface area contributed by atoms with Crippen LogP contribution in [-0.2, 0) is 10.0 Å². The van der Waals surface area contributed by atoms with Gasteiger partial charge in [-0.2, -0.15) is 0 Å². The molecule has 5 rings (SSSR count). The summed E-state index contributed by atoms with van der Waals surface area (Å²) in [6.07, 6.45) is 1.55. The van der Waals surface area contributed by atoms with Gasteiger partial charge in [0.25, 0.3) is 15.9 Å². The van der Waals surface area contributed by atoms with Gasteiger partial charge in [0.1, 0.15) is 10.6 Å². The number of amides is 3. The molecule has 0 aliphatic carbocycles. The fourth-order valence-corrected chi connectivity index (χ4v) is 5.66. The summed E-state index contributed by atoms with van der Waals surface area (Å²) >= 11 is 0. The molecule has 0 saturated carbocycles. The van der Waals surface area contributed by atoms with Crippen LogP contribution in [0.15, 0.2) is 90.0 Å². The number of rotatable bonds is 6. The van der Waals surface area contributed by atoms with Gasteiger partial charge in [0.15, 0.2) is 0 Å². The summed E-state index contributed by atoms with van der Waals surface area (Å²) < 4.78 is 33.9. The minimum Gasteiger partial charge on any atom is -0.495 e. The van der Waals surface area contributed by atoms with Gasteiger partial charge in [0.05, 0.1) is 18.3 Å². The van der Waals surface area contributed by atoms with Crippen molar-refractivity contribution in [1.82, 2.24) is 14.8 Å². The molecule has 4 aromatic rings. The van der Waals surface area contributed by atoms with Crippen molar-refractivity contribution in [3.63, 3.8) is 0 Å². The van der Waals surface area contributed by atoms with Crippen LogP contribution in [0.1, 0.15) is 10.4 Å². The number of urea groups is 1. The van der Waals surface area contributed by atoms with Crippen LogP contribution in [0.25, 0.3) is 10.9 Å². The monoisotopic (exact) mass is 545 g/mol. The lowest BCUT2D eigenvalue weighted by Crippen LogP contribution is -2.51. The SMILES string of the molecule is COc1ccccc1NC(=O)N1CCN(C(=O)c2ccc(NS(=O)(=O)c3cccc4cccnc34)cc2)CC1. The zero-order chi connectivity index (χ0) is 27.4. The maximum absolute atomic E-state index is 13.1. The third-order valence-electron chi connectivity index (χ3n) is 6.47. The van der Waals surface area contributed by atoms with E-state index in [2.05, 4.69) is 15.0 Å². The highest BCUT2D eigenvalue weighted by molar-refractivity contribution is 7.93. The molecule has 2 heterocycles. The molecule has 1 fully saturated rings. The number of fused-ring (bicyclic) bond motifs is 1. The lowest BCUT2D eigenvalue weighted by atomic mass is 10.1. The normalized spacial score (nSPS) is 13.7.